The highest BCUT2D eigenvalue weighted by molar-refractivity contribution is 5.09. The zero-order valence-electron chi connectivity index (χ0n) is 17.8. The number of piperidine rings is 2. The molecule has 1 aliphatic carbocycles. The fourth-order valence-electron chi connectivity index (χ4n) is 5.66. The van der Waals surface area contributed by atoms with E-state index in [1.54, 1.807) is 0 Å². The third-order valence-electron chi connectivity index (χ3n) is 7.24. The minimum atomic E-state index is 0.845. The highest BCUT2D eigenvalue weighted by Crippen LogP contribution is 2.28. The quantitative estimate of drug-likeness (QED) is 0.675. The Balaban J connectivity index is 1.33. The molecule has 0 amide bonds. The maximum absolute atomic E-state index is 4.21. The van der Waals surface area contributed by atoms with Gasteiger partial charge in [-0.05, 0) is 81.8 Å². The first-order valence-corrected chi connectivity index (χ1v) is 11.9. The summed E-state index contributed by atoms with van der Waals surface area (Å²) in [6.07, 6.45) is 16.7. The number of rotatable bonds is 8. The van der Waals surface area contributed by atoms with E-state index in [4.69, 9.17) is 0 Å². The van der Waals surface area contributed by atoms with Gasteiger partial charge in [0, 0.05) is 51.2 Å². The molecule has 0 radical (unpaired) electrons. The van der Waals surface area contributed by atoms with E-state index in [2.05, 4.69) is 31.8 Å². The standard InChI is InChI=1S/C24H40N4/c1-4-14-26(15-5-1)17-18-27(19-22-10-12-25-13-11-22)20-23-7-6-16-28(21-23)24-8-2-3-9-24/h10-13,23-24H,1-9,14-21H2. The van der Waals surface area contributed by atoms with Crippen molar-refractivity contribution in [3.63, 3.8) is 0 Å². The number of hydrogen-bond acceptors (Lipinski definition) is 4. The predicted octanol–water partition coefficient (Wildman–Crippen LogP) is 4.02. The summed E-state index contributed by atoms with van der Waals surface area (Å²) in [4.78, 5) is 12.5. The molecule has 0 N–H and O–H groups in total. The van der Waals surface area contributed by atoms with Crippen LogP contribution in [-0.4, -0.2) is 71.5 Å². The molecular formula is C24H40N4. The molecule has 1 aromatic rings. The van der Waals surface area contributed by atoms with Gasteiger partial charge in [0.25, 0.3) is 0 Å². The zero-order chi connectivity index (χ0) is 19.0. The molecule has 4 heteroatoms. The van der Waals surface area contributed by atoms with Gasteiger partial charge >= 0.3 is 0 Å². The number of aromatic nitrogens is 1. The molecule has 0 spiro atoms. The number of likely N-dealkylation sites (tertiary alicyclic amines) is 2. The molecule has 156 valence electrons. The molecule has 4 rings (SSSR count). The average Bonchev–Trinajstić information content (AvgIpc) is 3.29. The van der Waals surface area contributed by atoms with E-state index in [-0.39, 0.29) is 0 Å². The van der Waals surface area contributed by atoms with E-state index in [1.807, 2.05) is 12.4 Å². The Morgan fingerprint density at radius 1 is 0.893 bits per heavy atom. The minimum absolute atomic E-state index is 0.845. The lowest BCUT2D eigenvalue weighted by Gasteiger charge is -2.39. The first-order valence-electron chi connectivity index (χ1n) is 11.9. The van der Waals surface area contributed by atoms with Crippen molar-refractivity contribution in [2.24, 2.45) is 5.92 Å². The van der Waals surface area contributed by atoms with Gasteiger partial charge in [0.2, 0.25) is 0 Å². The van der Waals surface area contributed by atoms with Gasteiger partial charge in [-0.2, -0.15) is 0 Å². The second kappa shape index (κ2) is 10.7. The van der Waals surface area contributed by atoms with E-state index in [1.165, 1.54) is 109 Å². The SMILES string of the molecule is c1cc(CN(CCN2CCCCC2)CC2CCCN(C3CCCC3)C2)ccn1. The van der Waals surface area contributed by atoms with Gasteiger partial charge in [-0.25, -0.2) is 0 Å². The van der Waals surface area contributed by atoms with Crippen LogP contribution in [0.2, 0.25) is 0 Å². The maximum atomic E-state index is 4.21. The number of nitrogens with zero attached hydrogens (tertiary/aromatic N) is 4. The summed E-state index contributed by atoms with van der Waals surface area (Å²) < 4.78 is 0. The molecule has 3 fully saturated rings. The summed E-state index contributed by atoms with van der Waals surface area (Å²) in [5.74, 6) is 0.845. The Morgan fingerprint density at radius 3 is 2.46 bits per heavy atom. The fourth-order valence-corrected chi connectivity index (χ4v) is 5.66. The van der Waals surface area contributed by atoms with Crippen molar-refractivity contribution in [2.45, 2.75) is 70.4 Å². The van der Waals surface area contributed by atoms with Crippen molar-refractivity contribution in [1.29, 1.82) is 0 Å². The first kappa shape index (κ1) is 20.3. The van der Waals surface area contributed by atoms with Crippen molar-refractivity contribution in [3.8, 4) is 0 Å². The summed E-state index contributed by atoms with van der Waals surface area (Å²) in [7, 11) is 0. The van der Waals surface area contributed by atoms with Gasteiger partial charge in [-0.3, -0.25) is 9.88 Å². The van der Waals surface area contributed by atoms with Gasteiger partial charge in [-0.15, -0.1) is 0 Å². The highest BCUT2D eigenvalue weighted by atomic mass is 15.2. The number of hydrogen-bond donors (Lipinski definition) is 0. The van der Waals surface area contributed by atoms with Crippen LogP contribution in [0, 0.1) is 5.92 Å². The Labute approximate surface area is 172 Å². The van der Waals surface area contributed by atoms with Crippen molar-refractivity contribution >= 4 is 0 Å². The van der Waals surface area contributed by atoms with Crippen LogP contribution in [0.15, 0.2) is 24.5 Å². The molecule has 4 nitrogen and oxygen atoms in total. The van der Waals surface area contributed by atoms with Crippen molar-refractivity contribution in [3.05, 3.63) is 30.1 Å². The molecule has 1 atom stereocenters. The Hall–Kier alpha value is -0.970. The van der Waals surface area contributed by atoms with Gasteiger partial charge < -0.3 is 9.80 Å². The van der Waals surface area contributed by atoms with E-state index in [0.29, 0.717) is 0 Å². The Morgan fingerprint density at radius 2 is 1.68 bits per heavy atom. The van der Waals surface area contributed by atoms with E-state index in [0.717, 1.165) is 18.5 Å². The van der Waals surface area contributed by atoms with E-state index < -0.39 is 0 Å². The number of pyridine rings is 1. The normalized spacial score (nSPS) is 25.5. The van der Waals surface area contributed by atoms with Crippen LogP contribution in [0.5, 0.6) is 0 Å². The first-order chi connectivity index (χ1) is 13.9. The van der Waals surface area contributed by atoms with Gasteiger partial charge in [0.05, 0.1) is 0 Å². The Bertz CT molecular complexity index is 551. The Kier molecular flexibility index (Phi) is 7.76. The smallest absolute Gasteiger partial charge is 0.0271 e. The molecule has 28 heavy (non-hydrogen) atoms. The second-order valence-corrected chi connectivity index (χ2v) is 9.43. The van der Waals surface area contributed by atoms with E-state index in [9.17, 15) is 0 Å². The van der Waals surface area contributed by atoms with Crippen LogP contribution in [-0.2, 0) is 6.54 Å². The molecule has 3 heterocycles. The van der Waals surface area contributed by atoms with Crippen molar-refractivity contribution in [2.75, 3.05) is 45.8 Å². The fraction of sp³-hybridized carbons (Fsp3) is 0.792. The summed E-state index contributed by atoms with van der Waals surface area (Å²) >= 11 is 0. The van der Waals surface area contributed by atoms with Crippen LogP contribution in [0.1, 0.15) is 63.4 Å². The molecule has 2 saturated heterocycles. The zero-order valence-corrected chi connectivity index (χ0v) is 17.8. The largest absolute Gasteiger partial charge is 0.302 e. The molecule has 0 bridgehead atoms. The molecule has 1 unspecified atom stereocenters. The molecule has 1 aromatic heterocycles. The lowest BCUT2D eigenvalue weighted by molar-refractivity contribution is 0.0912. The van der Waals surface area contributed by atoms with Crippen LogP contribution in [0.25, 0.3) is 0 Å². The van der Waals surface area contributed by atoms with Crippen LogP contribution in [0.4, 0.5) is 0 Å². The predicted molar refractivity (Wildman–Crippen MR) is 116 cm³/mol. The molecule has 0 aromatic carbocycles. The molecule has 3 aliphatic rings. The second-order valence-electron chi connectivity index (χ2n) is 9.43. The summed E-state index contributed by atoms with van der Waals surface area (Å²) in [5, 5.41) is 0. The van der Waals surface area contributed by atoms with Gasteiger partial charge in [0.1, 0.15) is 0 Å². The lowest BCUT2D eigenvalue weighted by atomic mass is 9.95. The topological polar surface area (TPSA) is 22.6 Å². The van der Waals surface area contributed by atoms with Crippen molar-refractivity contribution in [1.82, 2.24) is 19.7 Å². The van der Waals surface area contributed by atoms with Gasteiger partial charge in [-0.1, -0.05) is 19.3 Å². The maximum Gasteiger partial charge on any atom is 0.0271 e. The monoisotopic (exact) mass is 384 g/mol. The highest BCUT2D eigenvalue weighted by Gasteiger charge is 2.28. The summed E-state index contributed by atoms with van der Waals surface area (Å²) in [5.41, 5.74) is 1.41. The summed E-state index contributed by atoms with van der Waals surface area (Å²) in [6, 6.07) is 5.28. The molecular weight excluding hydrogens is 344 g/mol. The van der Waals surface area contributed by atoms with Crippen molar-refractivity contribution < 1.29 is 0 Å². The average molecular weight is 385 g/mol. The molecule has 2 aliphatic heterocycles. The lowest BCUT2D eigenvalue weighted by Crippen LogP contribution is -2.46. The van der Waals surface area contributed by atoms with Crippen LogP contribution < -0.4 is 0 Å². The van der Waals surface area contributed by atoms with E-state index >= 15 is 0 Å². The van der Waals surface area contributed by atoms with Crippen LogP contribution in [0.3, 0.4) is 0 Å². The molecule has 1 saturated carbocycles. The summed E-state index contributed by atoms with van der Waals surface area (Å²) in [6.45, 7) is 10.1. The third kappa shape index (κ3) is 6.01. The van der Waals surface area contributed by atoms with Crippen LogP contribution >= 0.6 is 0 Å². The third-order valence-corrected chi connectivity index (χ3v) is 7.24. The van der Waals surface area contributed by atoms with Gasteiger partial charge in [0.15, 0.2) is 0 Å². The minimum Gasteiger partial charge on any atom is -0.302 e.